The zero-order chi connectivity index (χ0) is 17.3. The second-order valence-corrected chi connectivity index (χ2v) is 7.24. The number of likely N-dealkylation sites (N-methyl/N-ethyl adjacent to an activating group) is 1. The standard InChI is InChI=1S/C18H25F2N3O/c1-21(2)18(24)12-22-8-13-3-5-16(11-22)23(9-13)10-14-7-15(19)4-6-17(14)20/h4,6-7,13,16H,3,5,8-12H2,1-2H3/t13-,16+/m1/s1. The first-order valence-electron chi connectivity index (χ1n) is 8.53. The van der Waals surface area contributed by atoms with Crippen molar-refractivity contribution in [3.63, 3.8) is 0 Å². The molecule has 0 aromatic heterocycles. The van der Waals surface area contributed by atoms with Crippen molar-refractivity contribution in [2.45, 2.75) is 25.4 Å². The van der Waals surface area contributed by atoms with Gasteiger partial charge in [0.2, 0.25) is 5.91 Å². The Morgan fingerprint density at radius 1 is 1.21 bits per heavy atom. The number of piperidine rings is 1. The van der Waals surface area contributed by atoms with Crippen LogP contribution in [0.15, 0.2) is 18.2 Å². The van der Waals surface area contributed by atoms with Gasteiger partial charge in [0, 0.05) is 51.9 Å². The van der Waals surface area contributed by atoms with Gasteiger partial charge < -0.3 is 4.90 Å². The van der Waals surface area contributed by atoms with Crippen molar-refractivity contribution in [2.75, 3.05) is 40.3 Å². The second kappa shape index (κ2) is 7.15. The quantitative estimate of drug-likeness (QED) is 0.840. The zero-order valence-corrected chi connectivity index (χ0v) is 14.3. The summed E-state index contributed by atoms with van der Waals surface area (Å²) in [4.78, 5) is 18.1. The number of amides is 1. The number of hydrogen-bond donors (Lipinski definition) is 0. The van der Waals surface area contributed by atoms with Gasteiger partial charge in [0.15, 0.2) is 0 Å². The summed E-state index contributed by atoms with van der Waals surface area (Å²) in [7, 11) is 3.54. The van der Waals surface area contributed by atoms with Crippen LogP contribution < -0.4 is 0 Å². The summed E-state index contributed by atoms with van der Waals surface area (Å²) >= 11 is 0. The number of hydrogen-bond acceptors (Lipinski definition) is 3. The molecule has 3 aliphatic rings. The summed E-state index contributed by atoms with van der Waals surface area (Å²) in [5.74, 6) is -0.157. The van der Waals surface area contributed by atoms with Crippen LogP contribution in [0.1, 0.15) is 18.4 Å². The molecule has 4 rings (SSSR count). The molecule has 132 valence electrons. The van der Waals surface area contributed by atoms with Crippen LogP contribution in [0.2, 0.25) is 0 Å². The third-order valence-electron chi connectivity index (χ3n) is 5.14. The van der Waals surface area contributed by atoms with E-state index in [1.807, 2.05) is 0 Å². The summed E-state index contributed by atoms with van der Waals surface area (Å²) < 4.78 is 27.4. The van der Waals surface area contributed by atoms with Gasteiger partial charge in [-0.05, 0) is 37.0 Å². The Morgan fingerprint density at radius 2 is 2.00 bits per heavy atom. The maximum atomic E-state index is 14.0. The lowest BCUT2D eigenvalue weighted by Crippen LogP contribution is -2.44. The molecule has 1 aromatic rings. The monoisotopic (exact) mass is 337 g/mol. The molecule has 0 unspecified atom stereocenters. The van der Waals surface area contributed by atoms with Gasteiger partial charge >= 0.3 is 0 Å². The predicted molar refractivity (Wildman–Crippen MR) is 88.4 cm³/mol. The minimum atomic E-state index is -0.399. The molecule has 0 spiro atoms. The minimum absolute atomic E-state index is 0.110. The van der Waals surface area contributed by atoms with Crippen LogP contribution in [0.25, 0.3) is 0 Å². The molecule has 3 saturated heterocycles. The van der Waals surface area contributed by atoms with Gasteiger partial charge in [-0.25, -0.2) is 8.78 Å². The first-order chi connectivity index (χ1) is 11.4. The van der Waals surface area contributed by atoms with Crippen molar-refractivity contribution in [3.05, 3.63) is 35.4 Å². The fraction of sp³-hybridized carbons (Fsp3) is 0.611. The maximum absolute atomic E-state index is 14.0. The number of rotatable bonds is 4. The Balaban J connectivity index is 1.69. The first kappa shape index (κ1) is 17.3. The van der Waals surface area contributed by atoms with Crippen molar-refractivity contribution in [1.82, 2.24) is 14.7 Å². The molecule has 0 radical (unpaired) electrons. The molecular weight excluding hydrogens is 312 g/mol. The largest absolute Gasteiger partial charge is 0.348 e. The Hall–Kier alpha value is -1.53. The molecule has 2 atom stereocenters. The molecule has 3 fully saturated rings. The average molecular weight is 337 g/mol. The lowest BCUT2D eigenvalue weighted by Gasteiger charge is -2.36. The van der Waals surface area contributed by atoms with E-state index < -0.39 is 5.82 Å². The van der Waals surface area contributed by atoms with Crippen molar-refractivity contribution in [3.8, 4) is 0 Å². The van der Waals surface area contributed by atoms with E-state index >= 15 is 0 Å². The van der Waals surface area contributed by atoms with Gasteiger partial charge in [0.05, 0.1) is 6.54 Å². The summed E-state index contributed by atoms with van der Waals surface area (Å²) in [6, 6.07) is 3.94. The molecule has 0 saturated carbocycles. The lowest BCUT2D eigenvalue weighted by atomic mass is 9.94. The van der Waals surface area contributed by atoms with Gasteiger partial charge in [0.1, 0.15) is 11.6 Å². The van der Waals surface area contributed by atoms with Crippen LogP contribution in [-0.4, -0.2) is 66.9 Å². The third-order valence-corrected chi connectivity index (χ3v) is 5.14. The van der Waals surface area contributed by atoms with Crippen LogP contribution in [0.4, 0.5) is 8.78 Å². The van der Waals surface area contributed by atoms with Crippen LogP contribution in [-0.2, 0) is 11.3 Å². The van der Waals surface area contributed by atoms with Crippen molar-refractivity contribution >= 4 is 5.91 Å². The molecule has 24 heavy (non-hydrogen) atoms. The molecule has 1 amide bonds. The Labute approximate surface area is 142 Å². The van der Waals surface area contributed by atoms with Gasteiger partial charge in [-0.2, -0.15) is 0 Å². The van der Waals surface area contributed by atoms with E-state index in [9.17, 15) is 13.6 Å². The van der Waals surface area contributed by atoms with Crippen molar-refractivity contribution in [1.29, 1.82) is 0 Å². The molecule has 2 bridgehead atoms. The first-order valence-corrected chi connectivity index (χ1v) is 8.53. The van der Waals surface area contributed by atoms with E-state index in [2.05, 4.69) is 9.80 Å². The molecule has 0 N–H and O–H groups in total. The summed E-state index contributed by atoms with van der Waals surface area (Å²) in [6.07, 6.45) is 2.19. The van der Waals surface area contributed by atoms with Gasteiger partial charge in [-0.3, -0.25) is 14.6 Å². The number of benzene rings is 1. The second-order valence-electron chi connectivity index (χ2n) is 7.24. The number of halogens is 2. The Morgan fingerprint density at radius 3 is 2.75 bits per heavy atom. The minimum Gasteiger partial charge on any atom is -0.348 e. The van der Waals surface area contributed by atoms with E-state index in [4.69, 9.17) is 0 Å². The number of nitrogens with zero attached hydrogens (tertiary/aromatic N) is 3. The van der Waals surface area contributed by atoms with E-state index in [1.165, 1.54) is 12.1 Å². The number of carbonyl (C=O) groups is 1. The molecule has 1 aromatic carbocycles. The highest BCUT2D eigenvalue weighted by Gasteiger charge is 2.35. The van der Waals surface area contributed by atoms with E-state index in [0.29, 0.717) is 30.6 Å². The SMILES string of the molecule is CN(C)C(=O)CN1C[C@H]2CC[C@@H](C1)N(Cc1cc(F)ccc1F)C2. The highest BCUT2D eigenvalue weighted by Crippen LogP contribution is 2.29. The Kier molecular flexibility index (Phi) is 5.15. The average Bonchev–Trinajstić information content (AvgIpc) is 2.81. The maximum Gasteiger partial charge on any atom is 0.236 e. The van der Waals surface area contributed by atoms with Crippen LogP contribution in [0.5, 0.6) is 0 Å². The summed E-state index contributed by atoms with van der Waals surface area (Å²) in [5.41, 5.74) is 0.415. The lowest BCUT2D eigenvalue weighted by molar-refractivity contribution is -0.130. The normalized spacial score (nSPS) is 24.8. The van der Waals surface area contributed by atoms with E-state index in [0.717, 1.165) is 38.5 Å². The Bertz CT molecular complexity index is 608. The smallest absolute Gasteiger partial charge is 0.236 e. The van der Waals surface area contributed by atoms with Gasteiger partial charge in [-0.15, -0.1) is 0 Å². The summed E-state index contributed by atoms with van der Waals surface area (Å²) in [5, 5.41) is 0. The fourth-order valence-corrected chi connectivity index (χ4v) is 3.81. The zero-order valence-electron chi connectivity index (χ0n) is 14.3. The molecule has 3 heterocycles. The topological polar surface area (TPSA) is 26.8 Å². The predicted octanol–water partition coefficient (Wildman–Crippen LogP) is 1.95. The van der Waals surface area contributed by atoms with Gasteiger partial charge in [0.25, 0.3) is 0 Å². The highest BCUT2D eigenvalue weighted by molar-refractivity contribution is 5.77. The molecular formula is C18H25F2N3O. The highest BCUT2D eigenvalue weighted by atomic mass is 19.1. The molecule has 3 aliphatic heterocycles. The third kappa shape index (κ3) is 3.92. The number of carbonyl (C=O) groups excluding carboxylic acids is 1. The van der Waals surface area contributed by atoms with Crippen LogP contribution in [0, 0.1) is 17.6 Å². The summed E-state index contributed by atoms with van der Waals surface area (Å²) in [6.45, 7) is 3.46. The molecule has 0 aliphatic carbocycles. The molecule has 4 nitrogen and oxygen atoms in total. The van der Waals surface area contributed by atoms with Gasteiger partial charge in [-0.1, -0.05) is 0 Å². The van der Waals surface area contributed by atoms with Crippen molar-refractivity contribution in [2.24, 2.45) is 5.92 Å². The van der Waals surface area contributed by atoms with Crippen LogP contribution >= 0.6 is 0 Å². The van der Waals surface area contributed by atoms with Crippen LogP contribution in [0.3, 0.4) is 0 Å². The van der Waals surface area contributed by atoms with E-state index in [-0.39, 0.29) is 11.7 Å². The van der Waals surface area contributed by atoms with Crippen molar-refractivity contribution < 1.29 is 13.6 Å². The number of fused-ring (bicyclic) bond motifs is 4. The molecule has 6 heteroatoms. The fourth-order valence-electron chi connectivity index (χ4n) is 3.81. The van der Waals surface area contributed by atoms with E-state index in [1.54, 1.807) is 19.0 Å².